The topological polar surface area (TPSA) is 9.23 Å². The summed E-state index contributed by atoms with van der Waals surface area (Å²) in [6, 6.07) is 3.22. The van der Waals surface area contributed by atoms with Gasteiger partial charge in [-0.2, -0.15) is 4.39 Å². The Balaban J connectivity index is 2.02. The van der Waals surface area contributed by atoms with Crippen molar-refractivity contribution in [1.82, 2.24) is 0 Å². The maximum Gasteiger partial charge on any atom is 0.201 e. The van der Waals surface area contributed by atoms with E-state index in [1.165, 1.54) is 0 Å². The quantitative estimate of drug-likeness (QED) is 0.361. The van der Waals surface area contributed by atoms with Gasteiger partial charge in [-0.1, -0.05) is 31.9 Å². The molecule has 2 rings (SSSR count). The molecule has 0 heterocycles. The Morgan fingerprint density at radius 1 is 1.25 bits per heavy atom. The number of hydrogen-bond acceptors (Lipinski definition) is 1. The number of allylic oxidation sites excluding steroid dienone is 3. The van der Waals surface area contributed by atoms with Gasteiger partial charge in [0.2, 0.25) is 5.82 Å². The molecule has 0 radical (unpaired) electrons. The summed E-state index contributed by atoms with van der Waals surface area (Å²) in [5.74, 6) is -0.995. The zero-order valence-electron chi connectivity index (χ0n) is 14.6. The summed E-state index contributed by atoms with van der Waals surface area (Å²) in [5, 5.41) is 0. The maximum atomic E-state index is 14.4. The minimum absolute atomic E-state index is 0.0209. The van der Waals surface area contributed by atoms with Crippen molar-refractivity contribution in [1.29, 1.82) is 0 Å². The van der Waals surface area contributed by atoms with Crippen LogP contribution in [0, 0.1) is 17.6 Å². The Morgan fingerprint density at radius 3 is 2.75 bits per heavy atom. The van der Waals surface area contributed by atoms with Crippen molar-refractivity contribution in [2.24, 2.45) is 5.92 Å². The van der Waals surface area contributed by atoms with Crippen molar-refractivity contribution >= 4 is 5.57 Å². The van der Waals surface area contributed by atoms with Gasteiger partial charge in [0.25, 0.3) is 0 Å². The molecule has 1 unspecified atom stereocenters. The second kappa shape index (κ2) is 9.61. The average molecular weight is 334 g/mol. The summed E-state index contributed by atoms with van der Waals surface area (Å²) in [6.07, 6.45) is 11.9. The summed E-state index contributed by atoms with van der Waals surface area (Å²) in [4.78, 5) is 0. The third-order valence-electron chi connectivity index (χ3n) is 4.70. The van der Waals surface area contributed by atoms with Gasteiger partial charge in [0.1, 0.15) is 0 Å². The predicted octanol–water partition coefficient (Wildman–Crippen LogP) is 6.68. The second-order valence-electron chi connectivity index (χ2n) is 6.53. The molecule has 0 saturated carbocycles. The van der Waals surface area contributed by atoms with Gasteiger partial charge in [0.15, 0.2) is 11.6 Å². The smallest absolute Gasteiger partial charge is 0.201 e. The lowest BCUT2D eigenvalue weighted by Crippen LogP contribution is -2.07. The van der Waals surface area contributed by atoms with Crippen LogP contribution >= 0.6 is 0 Å². The number of halogens is 2. The van der Waals surface area contributed by atoms with Crippen molar-refractivity contribution < 1.29 is 13.5 Å². The van der Waals surface area contributed by atoms with Crippen molar-refractivity contribution in [3.05, 3.63) is 48.1 Å². The molecule has 1 aliphatic rings. The summed E-state index contributed by atoms with van der Waals surface area (Å²) in [6.45, 7) is 6.27. The number of ether oxygens (including phenoxy) is 1. The zero-order valence-corrected chi connectivity index (χ0v) is 14.6. The van der Waals surface area contributed by atoms with Crippen LogP contribution in [0.2, 0.25) is 0 Å². The molecule has 24 heavy (non-hydrogen) atoms. The highest BCUT2D eigenvalue weighted by atomic mass is 19.2. The Hall–Kier alpha value is -1.64. The Kier molecular flexibility index (Phi) is 7.48. The number of unbranched alkanes of at least 4 members (excludes halogenated alkanes) is 2. The van der Waals surface area contributed by atoms with E-state index in [1.54, 1.807) is 12.1 Å². The molecule has 1 nitrogen and oxygen atoms in total. The van der Waals surface area contributed by atoms with E-state index in [9.17, 15) is 8.78 Å². The molecule has 0 bridgehead atoms. The van der Waals surface area contributed by atoms with Gasteiger partial charge in [0, 0.05) is 5.56 Å². The van der Waals surface area contributed by atoms with Gasteiger partial charge in [-0.25, -0.2) is 4.39 Å². The van der Waals surface area contributed by atoms with Crippen LogP contribution in [0.25, 0.3) is 5.57 Å². The van der Waals surface area contributed by atoms with Crippen molar-refractivity contribution in [2.45, 2.75) is 58.3 Å². The molecule has 0 saturated heterocycles. The van der Waals surface area contributed by atoms with E-state index in [1.807, 2.05) is 6.08 Å². The van der Waals surface area contributed by atoms with Crippen LogP contribution in [0.1, 0.15) is 63.9 Å². The molecule has 1 aliphatic carbocycles. The molecule has 0 aromatic heterocycles. The molecule has 1 atom stereocenters. The summed E-state index contributed by atoms with van der Waals surface area (Å²) in [5.41, 5.74) is 1.30. The SMILES string of the molecule is C=CCCC1CC=C(c2ccc(OCCCCC)c(F)c2F)CC1. The van der Waals surface area contributed by atoms with E-state index in [0.29, 0.717) is 18.1 Å². The highest BCUT2D eigenvalue weighted by Gasteiger charge is 2.20. The molecule has 0 N–H and O–H groups in total. The molecule has 132 valence electrons. The van der Waals surface area contributed by atoms with E-state index in [2.05, 4.69) is 19.6 Å². The first-order chi connectivity index (χ1) is 11.7. The van der Waals surface area contributed by atoms with Gasteiger partial charge in [-0.05, 0) is 62.1 Å². The van der Waals surface area contributed by atoms with Gasteiger partial charge < -0.3 is 4.74 Å². The molecule has 0 amide bonds. The van der Waals surface area contributed by atoms with Gasteiger partial charge in [0.05, 0.1) is 6.61 Å². The predicted molar refractivity (Wildman–Crippen MR) is 96.1 cm³/mol. The monoisotopic (exact) mass is 334 g/mol. The van der Waals surface area contributed by atoms with Crippen LogP contribution in [0.3, 0.4) is 0 Å². The summed E-state index contributed by atoms with van der Waals surface area (Å²) < 4.78 is 34.0. The van der Waals surface area contributed by atoms with Crippen LogP contribution in [-0.4, -0.2) is 6.61 Å². The summed E-state index contributed by atoms with van der Waals surface area (Å²) in [7, 11) is 0. The van der Waals surface area contributed by atoms with Crippen molar-refractivity contribution in [2.75, 3.05) is 6.61 Å². The minimum Gasteiger partial charge on any atom is -0.490 e. The van der Waals surface area contributed by atoms with E-state index in [0.717, 1.165) is 56.9 Å². The fourth-order valence-corrected chi connectivity index (χ4v) is 3.17. The lowest BCUT2D eigenvalue weighted by molar-refractivity contribution is 0.286. The van der Waals surface area contributed by atoms with Crippen molar-refractivity contribution in [3.63, 3.8) is 0 Å². The van der Waals surface area contributed by atoms with Gasteiger partial charge in [-0.15, -0.1) is 6.58 Å². The van der Waals surface area contributed by atoms with Gasteiger partial charge >= 0.3 is 0 Å². The van der Waals surface area contributed by atoms with Crippen LogP contribution in [0.5, 0.6) is 5.75 Å². The normalized spacial score (nSPS) is 17.5. The fourth-order valence-electron chi connectivity index (χ4n) is 3.17. The van der Waals surface area contributed by atoms with Crippen molar-refractivity contribution in [3.8, 4) is 5.75 Å². The number of benzene rings is 1. The first-order valence-corrected chi connectivity index (χ1v) is 9.08. The lowest BCUT2D eigenvalue weighted by Gasteiger charge is -2.22. The molecule has 3 heteroatoms. The average Bonchev–Trinajstić information content (AvgIpc) is 2.61. The first-order valence-electron chi connectivity index (χ1n) is 9.08. The third kappa shape index (κ3) is 4.93. The highest BCUT2D eigenvalue weighted by Crippen LogP contribution is 2.35. The minimum atomic E-state index is -0.862. The van der Waals surface area contributed by atoms with Gasteiger partial charge in [-0.3, -0.25) is 0 Å². The number of hydrogen-bond donors (Lipinski definition) is 0. The standard InChI is InChI=1S/C21H28F2O/c1-3-5-7-15-24-19-14-13-18(20(22)21(19)23)17-11-9-16(10-12-17)8-6-4-2/h4,11,13-14,16H,2-3,5-10,12,15H2,1H3. The van der Waals surface area contributed by atoms with Crippen LogP contribution in [-0.2, 0) is 0 Å². The van der Waals surface area contributed by atoms with E-state index >= 15 is 0 Å². The molecular weight excluding hydrogens is 306 g/mol. The molecule has 1 aromatic rings. The Morgan fingerprint density at radius 2 is 2.08 bits per heavy atom. The zero-order chi connectivity index (χ0) is 17.4. The van der Waals surface area contributed by atoms with Crippen LogP contribution < -0.4 is 4.74 Å². The van der Waals surface area contributed by atoms with E-state index in [4.69, 9.17) is 4.74 Å². The van der Waals surface area contributed by atoms with E-state index in [-0.39, 0.29) is 5.75 Å². The number of rotatable bonds is 9. The lowest BCUT2D eigenvalue weighted by atomic mass is 9.84. The maximum absolute atomic E-state index is 14.4. The Labute approximate surface area is 144 Å². The van der Waals surface area contributed by atoms with E-state index < -0.39 is 11.6 Å². The highest BCUT2D eigenvalue weighted by molar-refractivity contribution is 5.67. The fraction of sp³-hybridized carbons (Fsp3) is 0.524. The third-order valence-corrected chi connectivity index (χ3v) is 4.70. The largest absolute Gasteiger partial charge is 0.490 e. The molecular formula is C21H28F2O. The Bertz CT molecular complexity index is 577. The molecule has 0 fully saturated rings. The first kappa shape index (κ1) is 18.7. The summed E-state index contributed by atoms with van der Waals surface area (Å²) >= 11 is 0. The molecule has 0 aliphatic heterocycles. The van der Waals surface area contributed by atoms with Crippen LogP contribution in [0.15, 0.2) is 30.9 Å². The second-order valence-corrected chi connectivity index (χ2v) is 6.53. The van der Waals surface area contributed by atoms with Crippen LogP contribution in [0.4, 0.5) is 8.78 Å². The molecule has 0 spiro atoms. The molecule has 1 aromatic carbocycles.